The van der Waals surface area contributed by atoms with E-state index in [1.54, 1.807) is 0 Å². The predicted molar refractivity (Wildman–Crippen MR) is 115 cm³/mol. The number of morpholine rings is 1. The molecule has 5 nitrogen and oxygen atoms in total. The van der Waals surface area contributed by atoms with Crippen molar-refractivity contribution in [3.63, 3.8) is 0 Å². The number of Topliss-reactive ketones (excluding diaryl/α,β-unsaturated/α-hetero) is 1. The van der Waals surface area contributed by atoms with Crippen LogP contribution in [0.2, 0.25) is 0 Å². The summed E-state index contributed by atoms with van der Waals surface area (Å²) >= 11 is 3.47. The molecule has 2 aliphatic heterocycles. The van der Waals surface area contributed by atoms with E-state index in [1.165, 1.54) is 0 Å². The highest BCUT2D eigenvalue weighted by molar-refractivity contribution is 9.10. The zero-order valence-corrected chi connectivity index (χ0v) is 17.3. The summed E-state index contributed by atoms with van der Waals surface area (Å²) in [5, 5.41) is 3.41. The molecule has 2 heterocycles. The van der Waals surface area contributed by atoms with E-state index in [-0.39, 0.29) is 11.7 Å². The summed E-state index contributed by atoms with van der Waals surface area (Å²) in [5.41, 5.74) is 2.53. The zero-order valence-electron chi connectivity index (χ0n) is 15.7. The second-order valence-electron chi connectivity index (χ2n) is 7.09. The van der Waals surface area contributed by atoms with Crippen LogP contribution in [0.4, 0.5) is 5.69 Å². The van der Waals surface area contributed by atoms with Crippen LogP contribution in [-0.2, 0) is 4.74 Å². The highest BCUT2D eigenvalue weighted by Crippen LogP contribution is 2.32. The third-order valence-corrected chi connectivity index (χ3v) is 5.74. The molecular weight excluding hydrogens is 418 g/mol. The van der Waals surface area contributed by atoms with Crippen LogP contribution in [0.5, 0.6) is 0 Å². The number of rotatable bonds is 5. The van der Waals surface area contributed by atoms with Gasteiger partial charge in [0.2, 0.25) is 0 Å². The highest BCUT2D eigenvalue weighted by atomic mass is 79.9. The number of fused-ring (bicyclic) bond motifs is 1. The van der Waals surface area contributed by atoms with E-state index in [1.807, 2.05) is 48.5 Å². The lowest BCUT2D eigenvalue weighted by atomic mass is 9.86. The minimum atomic E-state index is -0.383. The standard InChI is InChI=1S/C22H24BrN3O2/c23-17-8-6-16(7-9-17)20-21(27)18-4-1-2-5-19(18)25-22(20)24-10-3-11-26-12-14-28-15-13-26/h1-2,4-9,20H,3,10-15H2,(H,24,25). The SMILES string of the molecule is O=C1c2ccccc2NC(=NCCCN2CCOCC2)C1c1ccc(Br)cc1. The first-order chi connectivity index (χ1) is 13.7. The number of hydrogen-bond acceptors (Lipinski definition) is 4. The van der Waals surface area contributed by atoms with E-state index in [9.17, 15) is 4.79 Å². The maximum absolute atomic E-state index is 13.2. The maximum atomic E-state index is 13.2. The summed E-state index contributed by atoms with van der Waals surface area (Å²) in [7, 11) is 0. The highest BCUT2D eigenvalue weighted by Gasteiger charge is 2.33. The molecular formula is C22H24BrN3O2. The van der Waals surface area contributed by atoms with Gasteiger partial charge in [-0.15, -0.1) is 0 Å². The number of carbonyl (C=O) groups excluding carboxylic acids is 1. The summed E-state index contributed by atoms with van der Waals surface area (Å²) in [6.45, 7) is 5.31. The number of para-hydroxylation sites is 1. The Balaban J connectivity index is 1.53. The minimum absolute atomic E-state index is 0.101. The first-order valence-electron chi connectivity index (χ1n) is 9.72. The summed E-state index contributed by atoms with van der Waals surface area (Å²) in [4.78, 5) is 20.5. The Labute approximate surface area is 173 Å². The number of nitrogens with one attached hydrogen (secondary N) is 1. The number of carbonyl (C=O) groups is 1. The van der Waals surface area contributed by atoms with Crippen LogP contribution in [0.3, 0.4) is 0 Å². The number of aliphatic imine (C=N–C) groups is 1. The molecule has 28 heavy (non-hydrogen) atoms. The van der Waals surface area contributed by atoms with Crippen molar-refractivity contribution in [2.24, 2.45) is 4.99 Å². The van der Waals surface area contributed by atoms with Crippen LogP contribution in [0, 0.1) is 0 Å². The summed E-state index contributed by atoms with van der Waals surface area (Å²) in [5.74, 6) is 0.461. The fourth-order valence-electron chi connectivity index (χ4n) is 3.71. The second kappa shape index (κ2) is 8.99. The van der Waals surface area contributed by atoms with E-state index in [0.717, 1.165) is 66.4 Å². The Bertz CT molecular complexity index is 860. The zero-order chi connectivity index (χ0) is 19.3. The number of ketones is 1. The first-order valence-corrected chi connectivity index (χ1v) is 10.5. The van der Waals surface area contributed by atoms with Crippen molar-refractivity contribution in [1.82, 2.24) is 4.90 Å². The number of benzene rings is 2. The van der Waals surface area contributed by atoms with Crippen molar-refractivity contribution in [2.75, 3.05) is 44.7 Å². The van der Waals surface area contributed by atoms with Crippen molar-refractivity contribution in [2.45, 2.75) is 12.3 Å². The predicted octanol–water partition coefficient (Wildman–Crippen LogP) is 3.96. The molecule has 1 N–H and O–H groups in total. The van der Waals surface area contributed by atoms with Gasteiger partial charge in [0.15, 0.2) is 5.78 Å². The van der Waals surface area contributed by atoms with Gasteiger partial charge >= 0.3 is 0 Å². The number of nitrogens with zero attached hydrogens (tertiary/aromatic N) is 2. The molecule has 1 atom stereocenters. The van der Waals surface area contributed by atoms with Crippen LogP contribution in [0.1, 0.15) is 28.3 Å². The number of anilines is 1. The molecule has 1 unspecified atom stereocenters. The molecule has 1 fully saturated rings. The van der Waals surface area contributed by atoms with Gasteiger partial charge in [0, 0.05) is 36.2 Å². The molecule has 4 rings (SSSR count). The molecule has 2 aromatic rings. The average molecular weight is 442 g/mol. The van der Waals surface area contributed by atoms with Gasteiger partial charge in [-0.1, -0.05) is 40.2 Å². The summed E-state index contributed by atoms with van der Waals surface area (Å²) < 4.78 is 6.39. The van der Waals surface area contributed by atoms with Crippen molar-refractivity contribution >= 4 is 33.2 Å². The van der Waals surface area contributed by atoms with E-state index in [4.69, 9.17) is 9.73 Å². The van der Waals surface area contributed by atoms with E-state index in [0.29, 0.717) is 6.54 Å². The molecule has 0 saturated carbocycles. The Morgan fingerprint density at radius 3 is 2.64 bits per heavy atom. The third-order valence-electron chi connectivity index (χ3n) is 5.21. The summed E-state index contributed by atoms with van der Waals surface area (Å²) in [6.07, 6.45) is 0.966. The fourth-order valence-corrected chi connectivity index (χ4v) is 3.98. The van der Waals surface area contributed by atoms with Crippen LogP contribution < -0.4 is 5.32 Å². The number of hydrogen-bond donors (Lipinski definition) is 1. The monoisotopic (exact) mass is 441 g/mol. The Kier molecular flexibility index (Phi) is 6.20. The van der Waals surface area contributed by atoms with Gasteiger partial charge in [-0.3, -0.25) is 14.7 Å². The minimum Gasteiger partial charge on any atom is -0.379 e. The summed E-state index contributed by atoms with van der Waals surface area (Å²) in [6, 6.07) is 15.6. The molecule has 2 aliphatic rings. The quantitative estimate of drug-likeness (QED) is 0.713. The Morgan fingerprint density at radius 1 is 1.11 bits per heavy atom. The molecule has 0 radical (unpaired) electrons. The van der Waals surface area contributed by atoms with Gasteiger partial charge in [0.1, 0.15) is 11.8 Å². The average Bonchev–Trinajstić information content (AvgIpc) is 2.73. The van der Waals surface area contributed by atoms with Crippen LogP contribution >= 0.6 is 15.9 Å². The topological polar surface area (TPSA) is 53.9 Å². The second-order valence-corrected chi connectivity index (χ2v) is 8.01. The molecule has 0 aromatic heterocycles. The number of amidine groups is 1. The normalized spacial score (nSPS) is 21.4. The first kappa shape index (κ1) is 19.3. The number of ether oxygens (including phenoxy) is 1. The number of halogens is 1. The molecule has 0 bridgehead atoms. The maximum Gasteiger partial charge on any atom is 0.179 e. The largest absolute Gasteiger partial charge is 0.379 e. The van der Waals surface area contributed by atoms with Crippen LogP contribution in [0.25, 0.3) is 0 Å². The van der Waals surface area contributed by atoms with Gasteiger partial charge in [-0.2, -0.15) is 0 Å². The van der Waals surface area contributed by atoms with E-state index in [2.05, 4.69) is 26.1 Å². The Morgan fingerprint density at radius 2 is 1.86 bits per heavy atom. The van der Waals surface area contributed by atoms with Gasteiger partial charge < -0.3 is 10.1 Å². The van der Waals surface area contributed by atoms with E-state index >= 15 is 0 Å². The van der Waals surface area contributed by atoms with Crippen molar-refractivity contribution in [3.8, 4) is 0 Å². The lowest BCUT2D eigenvalue weighted by Crippen LogP contribution is -2.37. The molecule has 1 saturated heterocycles. The van der Waals surface area contributed by atoms with Crippen molar-refractivity contribution in [1.29, 1.82) is 0 Å². The van der Waals surface area contributed by atoms with Crippen molar-refractivity contribution in [3.05, 3.63) is 64.1 Å². The Hall–Kier alpha value is -2.02. The molecule has 146 valence electrons. The third kappa shape index (κ3) is 4.35. The van der Waals surface area contributed by atoms with E-state index < -0.39 is 0 Å². The molecule has 0 amide bonds. The van der Waals surface area contributed by atoms with Gasteiger partial charge in [0.05, 0.1) is 18.9 Å². The van der Waals surface area contributed by atoms with Gasteiger partial charge in [-0.05, 0) is 36.2 Å². The molecule has 0 spiro atoms. The van der Waals surface area contributed by atoms with Crippen LogP contribution in [-0.4, -0.2) is 55.9 Å². The van der Waals surface area contributed by atoms with Gasteiger partial charge in [0.25, 0.3) is 0 Å². The fraction of sp³-hybridized carbons (Fsp3) is 0.364. The molecule has 2 aromatic carbocycles. The van der Waals surface area contributed by atoms with Crippen molar-refractivity contribution < 1.29 is 9.53 Å². The smallest absolute Gasteiger partial charge is 0.179 e. The lowest BCUT2D eigenvalue weighted by Gasteiger charge is -2.28. The van der Waals surface area contributed by atoms with Gasteiger partial charge in [-0.25, -0.2) is 0 Å². The lowest BCUT2D eigenvalue weighted by molar-refractivity contribution is 0.0377. The van der Waals surface area contributed by atoms with Crippen LogP contribution in [0.15, 0.2) is 58.0 Å². The molecule has 6 heteroatoms. The molecule has 0 aliphatic carbocycles.